The third-order valence-electron chi connectivity index (χ3n) is 3.02. The molecule has 0 spiro atoms. The molecule has 1 aromatic carbocycles. The number of aryl methyl sites for hydroxylation is 2. The highest BCUT2D eigenvalue weighted by Gasteiger charge is 2.21. The second-order valence-corrected chi connectivity index (χ2v) is 6.65. The Labute approximate surface area is 144 Å². The van der Waals surface area contributed by atoms with Crippen LogP contribution in [0.3, 0.4) is 0 Å². The van der Waals surface area contributed by atoms with Crippen LogP contribution < -0.4 is 0 Å². The van der Waals surface area contributed by atoms with Crippen LogP contribution in [0.5, 0.6) is 0 Å². The SMILES string of the molecule is CC.Cc1cc(-c2cc(Cl)ccc2C)n(C(=O)OC(C)(C)C)c1. The largest absolute Gasteiger partial charge is 0.443 e. The standard InChI is InChI=1S/C17H20ClNO2.C2H6/c1-11-8-15(14-9-13(18)7-6-12(14)2)19(10-11)16(20)21-17(3,4)5;1-2/h6-10H,1-5H3;1-2H3. The van der Waals surface area contributed by atoms with Crippen molar-refractivity contribution in [2.75, 3.05) is 0 Å². The van der Waals surface area contributed by atoms with E-state index in [1.165, 1.54) is 0 Å². The molecule has 0 unspecified atom stereocenters. The third-order valence-corrected chi connectivity index (χ3v) is 3.26. The van der Waals surface area contributed by atoms with Crippen LogP contribution in [0.25, 0.3) is 11.3 Å². The van der Waals surface area contributed by atoms with Crippen molar-refractivity contribution in [3.8, 4) is 11.3 Å². The van der Waals surface area contributed by atoms with Crippen molar-refractivity contribution in [3.63, 3.8) is 0 Å². The molecule has 0 amide bonds. The van der Waals surface area contributed by atoms with E-state index in [9.17, 15) is 4.79 Å². The van der Waals surface area contributed by atoms with Crippen LogP contribution in [-0.4, -0.2) is 16.3 Å². The Kier molecular flexibility index (Phi) is 6.46. The first-order valence-electron chi connectivity index (χ1n) is 7.86. The predicted octanol–water partition coefficient (Wildman–Crippen LogP) is 6.23. The Morgan fingerprint density at radius 1 is 1.13 bits per heavy atom. The van der Waals surface area contributed by atoms with Gasteiger partial charge < -0.3 is 4.74 Å². The van der Waals surface area contributed by atoms with Crippen LogP contribution in [0, 0.1) is 13.8 Å². The fourth-order valence-corrected chi connectivity index (χ4v) is 2.31. The normalized spacial score (nSPS) is 10.8. The van der Waals surface area contributed by atoms with Crippen LogP contribution in [0.15, 0.2) is 30.5 Å². The molecule has 0 atom stereocenters. The van der Waals surface area contributed by atoms with Gasteiger partial charge in [0.05, 0.1) is 5.69 Å². The molecule has 126 valence electrons. The first-order chi connectivity index (χ1) is 10.7. The summed E-state index contributed by atoms with van der Waals surface area (Å²) in [6.45, 7) is 13.5. The molecule has 1 heterocycles. The molecule has 0 aliphatic heterocycles. The molecule has 0 N–H and O–H groups in total. The summed E-state index contributed by atoms with van der Waals surface area (Å²) in [5.74, 6) is 0. The van der Waals surface area contributed by atoms with Gasteiger partial charge in [-0.15, -0.1) is 0 Å². The topological polar surface area (TPSA) is 31.2 Å². The van der Waals surface area contributed by atoms with Gasteiger partial charge in [-0.3, -0.25) is 4.57 Å². The van der Waals surface area contributed by atoms with Gasteiger partial charge in [0.2, 0.25) is 0 Å². The van der Waals surface area contributed by atoms with E-state index in [1.54, 1.807) is 10.8 Å². The Morgan fingerprint density at radius 3 is 2.30 bits per heavy atom. The summed E-state index contributed by atoms with van der Waals surface area (Å²) >= 11 is 6.09. The molecule has 3 nitrogen and oxygen atoms in total. The summed E-state index contributed by atoms with van der Waals surface area (Å²) in [6, 6.07) is 7.61. The molecule has 0 saturated heterocycles. The van der Waals surface area contributed by atoms with Crippen LogP contribution in [-0.2, 0) is 4.74 Å². The Hall–Kier alpha value is -1.74. The lowest BCUT2D eigenvalue weighted by molar-refractivity contribution is 0.0540. The highest BCUT2D eigenvalue weighted by atomic mass is 35.5. The van der Waals surface area contributed by atoms with Crippen molar-refractivity contribution in [1.82, 2.24) is 4.57 Å². The molecule has 0 radical (unpaired) electrons. The first-order valence-corrected chi connectivity index (χ1v) is 8.24. The average Bonchev–Trinajstić information content (AvgIpc) is 2.84. The predicted molar refractivity (Wildman–Crippen MR) is 97.3 cm³/mol. The average molecular weight is 336 g/mol. The van der Waals surface area contributed by atoms with E-state index in [1.807, 2.05) is 72.7 Å². The van der Waals surface area contributed by atoms with E-state index >= 15 is 0 Å². The molecule has 0 aliphatic rings. The fraction of sp³-hybridized carbons (Fsp3) is 0.421. The Morgan fingerprint density at radius 2 is 1.74 bits per heavy atom. The van der Waals surface area contributed by atoms with E-state index in [-0.39, 0.29) is 6.09 Å². The van der Waals surface area contributed by atoms with E-state index in [0.717, 1.165) is 22.4 Å². The summed E-state index contributed by atoms with van der Waals surface area (Å²) in [5.41, 5.74) is 3.25. The lowest BCUT2D eigenvalue weighted by atomic mass is 10.1. The van der Waals surface area contributed by atoms with Gasteiger partial charge in [-0.1, -0.05) is 31.5 Å². The maximum Gasteiger partial charge on any atom is 0.418 e. The number of carbonyl (C=O) groups excluding carboxylic acids is 1. The highest BCUT2D eigenvalue weighted by molar-refractivity contribution is 6.30. The number of hydrogen-bond donors (Lipinski definition) is 0. The minimum absolute atomic E-state index is 0.384. The number of aromatic nitrogens is 1. The molecule has 2 rings (SSSR count). The Bertz CT molecular complexity index is 681. The van der Waals surface area contributed by atoms with Crippen molar-refractivity contribution in [3.05, 3.63) is 46.6 Å². The van der Waals surface area contributed by atoms with E-state index in [2.05, 4.69) is 0 Å². The first kappa shape index (κ1) is 19.3. The summed E-state index contributed by atoms with van der Waals surface area (Å²) in [5, 5.41) is 0.644. The number of carbonyl (C=O) groups is 1. The maximum absolute atomic E-state index is 12.4. The van der Waals surface area contributed by atoms with Crippen molar-refractivity contribution in [1.29, 1.82) is 0 Å². The van der Waals surface area contributed by atoms with Crippen molar-refractivity contribution < 1.29 is 9.53 Å². The van der Waals surface area contributed by atoms with Crippen molar-refractivity contribution in [2.45, 2.75) is 54.1 Å². The number of nitrogens with zero attached hydrogens (tertiary/aromatic N) is 1. The smallest absolute Gasteiger partial charge is 0.418 e. The molecule has 0 aliphatic carbocycles. The van der Waals surface area contributed by atoms with Crippen LogP contribution >= 0.6 is 11.6 Å². The summed E-state index contributed by atoms with van der Waals surface area (Å²) in [6.07, 6.45) is 1.40. The number of benzene rings is 1. The van der Waals surface area contributed by atoms with Gasteiger partial charge in [-0.2, -0.15) is 0 Å². The van der Waals surface area contributed by atoms with Gasteiger partial charge in [-0.05, 0) is 63.9 Å². The minimum atomic E-state index is -0.532. The van der Waals surface area contributed by atoms with Gasteiger partial charge in [0.1, 0.15) is 5.60 Å². The molecule has 0 saturated carbocycles. The number of halogens is 1. The van der Waals surface area contributed by atoms with Crippen LogP contribution in [0.2, 0.25) is 5.02 Å². The van der Waals surface area contributed by atoms with Crippen molar-refractivity contribution in [2.24, 2.45) is 0 Å². The number of ether oxygens (including phenoxy) is 1. The second kappa shape index (κ2) is 7.69. The highest BCUT2D eigenvalue weighted by Crippen LogP contribution is 2.29. The third kappa shape index (κ3) is 5.14. The Balaban J connectivity index is 0.00000127. The monoisotopic (exact) mass is 335 g/mol. The molecular formula is C19H26ClNO2. The zero-order valence-corrected chi connectivity index (χ0v) is 15.8. The van der Waals surface area contributed by atoms with Crippen LogP contribution in [0.4, 0.5) is 4.79 Å². The fourth-order valence-electron chi connectivity index (χ4n) is 2.14. The molecular weight excluding hydrogens is 310 g/mol. The molecule has 0 fully saturated rings. The zero-order valence-electron chi connectivity index (χ0n) is 15.0. The second-order valence-electron chi connectivity index (χ2n) is 6.21. The van der Waals surface area contributed by atoms with Gasteiger partial charge in [0.25, 0.3) is 0 Å². The maximum atomic E-state index is 12.4. The van der Waals surface area contributed by atoms with Gasteiger partial charge in [-0.25, -0.2) is 4.79 Å². The lowest BCUT2D eigenvalue weighted by Crippen LogP contribution is -2.27. The molecule has 2 aromatic rings. The quantitative estimate of drug-likeness (QED) is 0.618. The molecule has 4 heteroatoms. The summed E-state index contributed by atoms with van der Waals surface area (Å²) in [4.78, 5) is 12.4. The van der Waals surface area contributed by atoms with Gasteiger partial charge in [0, 0.05) is 16.8 Å². The van der Waals surface area contributed by atoms with E-state index in [0.29, 0.717) is 5.02 Å². The van der Waals surface area contributed by atoms with Crippen LogP contribution in [0.1, 0.15) is 45.7 Å². The van der Waals surface area contributed by atoms with E-state index in [4.69, 9.17) is 16.3 Å². The lowest BCUT2D eigenvalue weighted by Gasteiger charge is -2.20. The van der Waals surface area contributed by atoms with Gasteiger partial charge >= 0.3 is 6.09 Å². The van der Waals surface area contributed by atoms with E-state index < -0.39 is 5.60 Å². The van der Waals surface area contributed by atoms with Crippen molar-refractivity contribution >= 4 is 17.7 Å². The number of rotatable bonds is 1. The number of hydrogen-bond acceptors (Lipinski definition) is 2. The zero-order chi connectivity index (χ0) is 17.8. The summed E-state index contributed by atoms with van der Waals surface area (Å²) < 4.78 is 7.00. The summed E-state index contributed by atoms with van der Waals surface area (Å²) in [7, 11) is 0. The minimum Gasteiger partial charge on any atom is -0.443 e. The molecule has 0 bridgehead atoms. The molecule has 1 aromatic heterocycles. The van der Waals surface area contributed by atoms with Gasteiger partial charge in [0.15, 0.2) is 0 Å². The molecule has 23 heavy (non-hydrogen) atoms.